The molecule has 0 spiro atoms. The van der Waals surface area contributed by atoms with Crippen molar-refractivity contribution in [2.75, 3.05) is 20.5 Å². The van der Waals surface area contributed by atoms with Crippen molar-refractivity contribution >= 4 is 29.0 Å². The smallest absolute Gasteiger partial charge is 0.340 e. The number of ether oxygens (including phenoxy) is 2. The lowest BCUT2D eigenvalue weighted by molar-refractivity contribution is 0.356. The molecule has 8 nitrogen and oxygen atoms in total. The lowest BCUT2D eigenvalue weighted by atomic mass is 10.1. The van der Waals surface area contributed by atoms with Gasteiger partial charge in [0.1, 0.15) is 10.5 Å². The van der Waals surface area contributed by atoms with E-state index in [4.69, 9.17) is 19.3 Å². The van der Waals surface area contributed by atoms with E-state index in [2.05, 4.69) is 0 Å². The second kappa shape index (κ2) is 7.22. The SMILES string of the molecule is COc1cccc(-c2ccc(S(=O)(=O)NCP(=O)(O)O)s2)c1OC. The van der Waals surface area contributed by atoms with Crippen LogP contribution in [0, 0.1) is 0 Å². The largest absolute Gasteiger partial charge is 0.493 e. The minimum Gasteiger partial charge on any atom is -0.493 e. The molecule has 0 aliphatic rings. The summed E-state index contributed by atoms with van der Waals surface area (Å²) in [4.78, 5) is 18.2. The zero-order valence-corrected chi connectivity index (χ0v) is 15.3. The number of rotatable bonds is 7. The van der Waals surface area contributed by atoms with Crippen LogP contribution in [0.2, 0.25) is 0 Å². The Hall–Kier alpha value is -1.42. The highest BCUT2D eigenvalue weighted by molar-refractivity contribution is 7.92. The van der Waals surface area contributed by atoms with Gasteiger partial charge < -0.3 is 19.3 Å². The van der Waals surface area contributed by atoms with Crippen molar-refractivity contribution in [3.63, 3.8) is 0 Å². The Kier molecular flexibility index (Phi) is 5.69. The molecule has 132 valence electrons. The van der Waals surface area contributed by atoms with Crippen molar-refractivity contribution in [1.82, 2.24) is 4.72 Å². The first-order valence-corrected chi connectivity index (χ1v) is 10.6. The van der Waals surface area contributed by atoms with Gasteiger partial charge in [-0.2, -0.15) is 4.72 Å². The second-order valence-electron chi connectivity index (χ2n) is 4.63. The van der Waals surface area contributed by atoms with Crippen molar-refractivity contribution < 1.29 is 32.2 Å². The normalized spacial score (nSPS) is 12.2. The Bertz CT molecular complexity index is 872. The second-order valence-corrected chi connectivity index (χ2v) is 9.35. The van der Waals surface area contributed by atoms with E-state index >= 15 is 0 Å². The minimum atomic E-state index is -4.48. The maximum atomic E-state index is 12.1. The predicted octanol–water partition coefficient (Wildman–Crippen LogP) is 1.85. The molecule has 0 unspecified atom stereocenters. The Balaban J connectivity index is 2.36. The highest BCUT2D eigenvalue weighted by atomic mass is 32.2. The maximum Gasteiger partial charge on any atom is 0.340 e. The molecule has 0 aliphatic carbocycles. The third kappa shape index (κ3) is 4.35. The van der Waals surface area contributed by atoms with Gasteiger partial charge in [-0.3, -0.25) is 4.57 Å². The summed E-state index contributed by atoms with van der Waals surface area (Å²) in [5, 5.41) is 0. The lowest BCUT2D eigenvalue weighted by Crippen LogP contribution is -2.23. The molecule has 1 aromatic carbocycles. The van der Waals surface area contributed by atoms with Crippen LogP contribution >= 0.6 is 18.9 Å². The average molecular weight is 393 g/mol. The summed E-state index contributed by atoms with van der Waals surface area (Å²) >= 11 is 0.953. The fourth-order valence-corrected chi connectivity index (χ4v) is 5.32. The Morgan fingerprint density at radius 3 is 2.46 bits per heavy atom. The molecule has 0 aliphatic heterocycles. The molecule has 0 atom stereocenters. The van der Waals surface area contributed by atoms with Crippen LogP contribution in [0.5, 0.6) is 11.5 Å². The molecule has 0 saturated carbocycles. The first kappa shape index (κ1) is 18.9. The number of para-hydroxylation sites is 1. The van der Waals surface area contributed by atoms with Gasteiger partial charge in [-0.15, -0.1) is 11.3 Å². The number of benzene rings is 1. The molecule has 24 heavy (non-hydrogen) atoms. The molecule has 2 aromatic rings. The topological polar surface area (TPSA) is 122 Å². The van der Waals surface area contributed by atoms with Crippen LogP contribution < -0.4 is 14.2 Å². The molecule has 2 rings (SSSR count). The Morgan fingerprint density at radius 1 is 1.17 bits per heavy atom. The standard InChI is InChI=1S/C13H16NO7PS2/c1-20-10-5-3-4-9(13(10)21-2)11-6-7-12(23-11)24(18,19)14-8-22(15,16)17/h3-7,14H,8H2,1-2H3,(H2,15,16,17). The lowest BCUT2D eigenvalue weighted by Gasteiger charge is -2.11. The number of sulfonamides is 1. The summed E-state index contributed by atoms with van der Waals surface area (Å²) in [7, 11) is -5.51. The zero-order valence-electron chi connectivity index (χ0n) is 12.8. The molecule has 0 radical (unpaired) electrons. The first-order chi connectivity index (χ1) is 11.2. The molecular weight excluding hydrogens is 377 g/mol. The summed E-state index contributed by atoms with van der Waals surface area (Å²) in [6, 6.07) is 8.17. The number of nitrogens with one attached hydrogen (secondary N) is 1. The predicted molar refractivity (Wildman–Crippen MR) is 90.1 cm³/mol. The van der Waals surface area contributed by atoms with Crippen molar-refractivity contribution in [3.8, 4) is 21.9 Å². The van der Waals surface area contributed by atoms with Crippen LogP contribution in [0.25, 0.3) is 10.4 Å². The maximum absolute atomic E-state index is 12.1. The van der Waals surface area contributed by atoms with E-state index in [1.807, 2.05) is 4.72 Å². The third-order valence-electron chi connectivity index (χ3n) is 2.98. The van der Waals surface area contributed by atoms with Gasteiger partial charge in [-0.25, -0.2) is 8.42 Å². The van der Waals surface area contributed by atoms with E-state index < -0.39 is 23.9 Å². The van der Waals surface area contributed by atoms with Crippen LogP contribution in [0.15, 0.2) is 34.5 Å². The van der Waals surface area contributed by atoms with Crippen molar-refractivity contribution in [1.29, 1.82) is 0 Å². The van der Waals surface area contributed by atoms with Gasteiger partial charge in [0.25, 0.3) is 10.0 Å². The van der Waals surface area contributed by atoms with E-state index in [0.29, 0.717) is 21.9 Å². The quantitative estimate of drug-likeness (QED) is 0.614. The van der Waals surface area contributed by atoms with Gasteiger partial charge in [-0.1, -0.05) is 6.07 Å². The number of methoxy groups -OCH3 is 2. The van der Waals surface area contributed by atoms with Crippen molar-refractivity contribution in [2.45, 2.75) is 4.21 Å². The molecule has 0 saturated heterocycles. The summed E-state index contributed by atoms with van der Waals surface area (Å²) in [6.45, 7) is 0. The highest BCUT2D eigenvalue weighted by Crippen LogP contribution is 2.41. The van der Waals surface area contributed by atoms with Crippen molar-refractivity contribution in [3.05, 3.63) is 30.3 Å². The van der Waals surface area contributed by atoms with Crippen LogP contribution in [0.1, 0.15) is 0 Å². The van der Waals surface area contributed by atoms with Gasteiger partial charge in [-0.05, 0) is 24.3 Å². The molecule has 3 N–H and O–H groups in total. The van der Waals surface area contributed by atoms with Gasteiger partial charge in [0.15, 0.2) is 11.5 Å². The molecule has 0 amide bonds. The average Bonchev–Trinajstić information content (AvgIpc) is 3.02. The molecule has 0 bridgehead atoms. The van der Waals surface area contributed by atoms with E-state index in [1.54, 1.807) is 24.3 Å². The number of hydrogen-bond donors (Lipinski definition) is 3. The molecule has 1 aromatic heterocycles. The van der Waals surface area contributed by atoms with Gasteiger partial charge in [0.2, 0.25) is 0 Å². The van der Waals surface area contributed by atoms with Crippen molar-refractivity contribution in [2.24, 2.45) is 0 Å². The molecule has 0 fully saturated rings. The third-order valence-corrected chi connectivity index (χ3v) is 6.77. The fraction of sp³-hybridized carbons (Fsp3) is 0.231. The van der Waals surface area contributed by atoms with Gasteiger partial charge in [0, 0.05) is 10.4 Å². The number of hydrogen-bond acceptors (Lipinski definition) is 6. The van der Waals surface area contributed by atoms with Crippen LogP contribution in [-0.2, 0) is 14.6 Å². The molecule has 1 heterocycles. The fourth-order valence-electron chi connectivity index (χ4n) is 1.93. The van der Waals surface area contributed by atoms with Gasteiger partial charge in [0.05, 0.1) is 14.2 Å². The van der Waals surface area contributed by atoms with Crippen LogP contribution in [0.4, 0.5) is 0 Å². The monoisotopic (exact) mass is 393 g/mol. The molecular formula is C13H16NO7PS2. The minimum absolute atomic E-state index is 0.0594. The Morgan fingerprint density at radius 2 is 1.88 bits per heavy atom. The molecule has 11 heteroatoms. The van der Waals surface area contributed by atoms with Gasteiger partial charge >= 0.3 is 7.60 Å². The summed E-state index contributed by atoms with van der Waals surface area (Å²) in [6.07, 6.45) is -0.953. The van der Waals surface area contributed by atoms with E-state index in [1.165, 1.54) is 20.3 Å². The highest BCUT2D eigenvalue weighted by Gasteiger charge is 2.23. The van der Waals surface area contributed by atoms with Crippen LogP contribution in [-0.4, -0.2) is 38.7 Å². The first-order valence-electron chi connectivity index (χ1n) is 6.53. The summed E-state index contributed by atoms with van der Waals surface area (Å²) in [5.41, 5.74) is 0.651. The number of thiophene rings is 1. The zero-order chi connectivity index (χ0) is 18.0. The van der Waals surface area contributed by atoms with Crippen LogP contribution in [0.3, 0.4) is 0 Å². The van der Waals surface area contributed by atoms with E-state index in [0.717, 1.165) is 11.3 Å². The van der Waals surface area contributed by atoms with E-state index in [9.17, 15) is 13.0 Å². The van der Waals surface area contributed by atoms with E-state index in [-0.39, 0.29) is 4.21 Å². The Labute approximate surface area is 143 Å². The summed E-state index contributed by atoms with van der Waals surface area (Å²) in [5.74, 6) is 0.974. The summed E-state index contributed by atoms with van der Waals surface area (Å²) < 4.78 is 47.4.